The Balaban J connectivity index is 3.14. The van der Waals surface area contributed by atoms with E-state index >= 15 is 0 Å². The molecule has 0 heterocycles. The number of aliphatic hydroxyl groups is 2. The Morgan fingerprint density at radius 3 is 2.30 bits per heavy atom. The molecular formula is C11H14F3NO4S. The van der Waals surface area contributed by atoms with E-state index in [0.29, 0.717) is 0 Å². The molecule has 3 N–H and O–H groups in total. The van der Waals surface area contributed by atoms with E-state index in [2.05, 4.69) is 5.32 Å². The lowest BCUT2D eigenvalue weighted by molar-refractivity contribution is -0.0435. The Labute approximate surface area is 114 Å². The van der Waals surface area contributed by atoms with E-state index in [4.69, 9.17) is 5.11 Å². The molecule has 114 valence electrons. The first-order valence-corrected chi connectivity index (χ1v) is 6.97. The predicted octanol–water partition coefficient (Wildman–Crippen LogP) is 1.14. The number of benzene rings is 1. The average Bonchev–Trinajstić information content (AvgIpc) is 2.35. The van der Waals surface area contributed by atoms with E-state index in [1.165, 1.54) is 13.0 Å². The van der Waals surface area contributed by atoms with E-state index in [-0.39, 0.29) is 12.2 Å². The van der Waals surface area contributed by atoms with Crippen molar-refractivity contribution < 1.29 is 31.8 Å². The van der Waals surface area contributed by atoms with Crippen molar-refractivity contribution in [2.75, 3.05) is 18.5 Å². The van der Waals surface area contributed by atoms with Gasteiger partial charge in [0.2, 0.25) is 0 Å². The molecule has 5 nitrogen and oxygen atoms in total. The smallest absolute Gasteiger partial charge is 0.393 e. The van der Waals surface area contributed by atoms with Crippen LogP contribution in [0.3, 0.4) is 0 Å². The maximum Gasteiger partial charge on any atom is 0.501 e. The third kappa shape index (κ3) is 3.62. The van der Waals surface area contributed by atoms with Crippen molar-refractivity contribution in [1.82, 2.24) is 0 Å². The third-order valence-electron chi connectivity index (χ3n) is 2.48. The van der Waals surface area contributed by atoms with E-state index in [1.54, 1.807) is 0 Å². The van der Waals surface area contributed by atoms with Crippen molar-refractivity contribution in [3.8, 4) is 0 Å². The molecule has 0 radical (unpaired) electrons. The summed E-state index contributed by atoms with van der Waals surface area (Å²) in [5.74, 6) is 0. The number of para-hydroxylation sites is 1. The normalized spacial score (nSPS) is 15.7. The summed E-state index contributed by atoms with van der Waals surface area (Å²) in [7, 11) is -5.49. The van der Waals surface area contributed by atoms with Crippen LogP contribution < -0.4 is 5.32 Å². The first-order valence-electron chi connectivity index (χ1n) is 5.49. The van der Waals surface area contributed by atoms with Gasteiger partial charge in [0.15, 0.2) is 0 Å². The molecule has 1 unspecified atom stereocenters. The molecule has 1 rings (SSSR count). The fourth-order valence-corrected chi connectivity index (χ4v) is 2.25. The Hall–Kier alpha value is -1.32. The third-order valence-corrected chi connectivity index (χ3v) is 4.03. The lowest BCUT2D eigenvalue weighted by Gasteiger charge is -2.22. The number of rotatable bonds is 5. The molecule has 0 spiro atoms. The van der Waals surface area contributed by atoms with Gasteiger partial charge >= 0.3 is 5.51 Å². The Morgan fingerprint density at radius 1 is 1.25 bits per heavy atom. The van der Waals surface area contributed by atoms with E-state index in [1.807, 2.05) is 0 Å². The summed E-state index contributed by atoms with van der Waals surface area (Å²) in [5, 5.41) is 20.8. The van der Waals surface area contributed by atoms with Crippen LogP contribution in [0.15, 0.2) is 29.2 Å². The summed E-state index contributed by atoms with van der Waals surface area (Å²) in [6.45, 7) is 0.308. The largest absolute Gasteiger partial charge is 0.501 e. The van der Waals surface area contributed by atoms with Crippen LogP contribution in [-0.2, 0) is 9.84 Å². The fraction of sp³-hybridized carbons (Fsp3) is 0.455. The second-order valence-electron chi connectivity index (χ2n) is 4.45. The first-order chi connectivity index (χ1) is 9.01. The van der Waals surface area contributed by atoms with Crippen LogP contribution in [-0.4, -0.2) is 42.9 Å². The van der Waals surface area contributed by atoms with Gasteiger partial charge in [-0.25, -0.2) is 8.42 Å². The lowest BCUT2D eigenvalue weighted by atomic mass is 10.1. The van der Waals surface area contributed by atoms with Crippen molar-refractivity contribution in [3.05, 3.63) is 24.3 Å². The standard InChI is InChI=1S/C11H14F3NO4S/c1-10(17,7-16)6-15-8-4-2-3-5-9(8)20(18,19)11(12,13)14/h2-5,15-17H,6-7H2,1H3. The molecule has 0 fully saturated rings. The summed E-state index contributed by atoms with van der Waals surface area (Å²) < 4.78 is 60.4. The molecule has 9 heteroatoms. The minimum Gasteiger partial charge on any atom is -0.393 e. The van der Waals surface area contributed by atoms with Gasteiger partial charge in [-0.1, -0.05) is 12.1 Å². The molecule has 0 bridgehead atoms. The van der Waals surface area contributed by atoms with Crippen LogP contribution in [0.2, 0.25) is 0 Å². The summed E-state index contributed by atoms with van der Waals surface area (Å²) in [6, 6.07) is 4.48. The zero-order valence-corrected chi connectivity index (χ0v) is 11.3. The van der Waals surface area contributed by atoms with Crippen molar-refractivity contribution in [2.45, 2.75) is 22.9 Å². The monoisotopic (exact) mass is 313 g/mol. The zero-order valence-electron chi connectivity index (χ0n) is 10.5. The van der Waals surface area contributed by atoms with Crippen LogP contribution in [0.1, 0.15) is 6.92 Å². The average molecular weight is 313 g/mol. The molecule has 1 atom stereocenters. The SMILES string of the molecule is CC(O)(CO)CNc1ccccc1S(=O)(=O)C(F)(F)F. The minimum atomic E-state index is -5.49. The number of aliphatic hydroxyl groups excluding tert-OH is 1. The summed E-state index contributed by atoms with van der Waals surface area (Å²) in [6.07, 6.45) is 0. The van der Waals surface area contributed by atoms with Gasteiger partial charge in [0.25, 0.3) is 9.84 Å². The van der Waals surface area contributed by atoms with Crippen LogP contribution in [0.25, 0.3) is 0 Å². The molecule has 1 aromatic rings. The molecule has 1 aromatic carbocycles. The molecule has 0 aliphatic carbocycles. The molecule has 20 heavy (non-hydrogen) atoms. The second kappa shape index (κ2) is 5.58. The van der Waals surface area contributed by atoms with Gasteiger partial charge in [-0.05, 0) is 19.1 Å². The Morgan fingerprint density at radius 2 is 1.80 bits per heavy atom. The highest BCUT2D eigenvalue weighted by molar-refractivity contribution is 7.92. The van der Waals surface area contributed by atoms with E-state index < -0.39 is 32.4 Å². The van der Waals surface area contributed by atoms with Crippen molar-refractivity contribution in [3.63, 3.8) is 0 Å². The number of nitrogens with one attached hydrogen (secondary N) is 1. The van der Waals surface area contributed by atoms with Gasteiger partial charge in [0.05, 0.1) is 17.2 Å². The number of halogens is 3. The first kappa shape index (κ1) is 16.7. The van der Waals surface area contributed by atoms with Crippen molar-refractivity contribution >= 4 is 15.5 Å². The summed E-state index contributed by atoms with van der Waals surface area (Å²) in [5.41, 5.74) is -7.29. The van der Waals surface area contributed by atoms with Gasteiger partial charge in [0.1, 0.15) is 5.60 Å². The van der Waals surface area contributed by atoms with E-state index in [9.17, 15) is 26.7 Å². The maximum atomic E-state index is 12.5. The summed E-state index contributed by atoms with van der Waals surface area (Å²) in [4.78, 5) is -0.929. The number of sulfone groups is 1. The van der Waals surface area contributed by atoms with Gasteiger partial charge in [-0.2, -0.15) is 13.2 Å². The number of hydrogen-bond acceptors (Lipinski definition) is 5. The molecular weight excluding hydrogens is 299 g/mol. The molecule has 0 aliphatic rings. The topological polar surface area (TPSA) is 86.6 Å². The van der Waals surface area contributed by atoms with Crippen molar-refractivity contribution in [2.24, 2.45) is 0 Å². The molecule has 0 saturated carbocycles. The van der Waals surface area contributed by atoms with E-state index in [0.717, 1.165) is 18.2 Å². The number of alkyl halides is 3. The zero-order chi connectivity index (χ0) is 15.6. The fourth-order valence-electron chi connectivity index (χ4n) is 1.31. The summed E-state index contributed by atoms with van der Waals surface area (Å²) >= 11 is 0. The second-order valence-corrected chi connectivity index (χ2v) is 6.36. The predicted molar refractivity (Wildman–Crippen MR) is 65.9 cm³/mol. The van der Waals surface area contributed by atoms with Crippen LogP contribution in [0, 0.1) is 0 Å². The van der Waals surface area contributed by atoms with Gasteiger partial charge in [-0.15, -0.1) is 0 Å². The van der Waals surface area contributed by atoms with Gasteiger partial charge in [0, 0.05) is 6.54 Å². The highest BCUT2D eigenvalue weighted by Gasteiger charge is 2.47. The highest BCUT2D eigenvalue weighted by Crippen LogP contribution is 2.34. The molecule has 0 aromatic heterocycles. The highest BCUT2D eigenvalue weighted by atomic mass is 32.2. The maximum absolute atomic E-state index is 12.5. The molecule has 0 aliphatic heterocycles. The van der Waals surface area contributed by atoms with Crippen LogP contribution in [0.5, 0.6) is 0 Å². The van der Waals surface area contributed by atoms with Gasteiger partial charge in [-0.3, -0.25) is 0 Å². The Kier molecular flexibility index (Phi) is 4.67. The molecule has 0 amide bonds. The minimum absolute atomic E-state index is 0.293. The lowest BCUT2D eigenvalue weighted by Crippen LogP contribution is -2.37. The van der Waals surface area contributed by atoms with Crippen molar-refractivity contribution in [1.29, 1.82) is 0 Å². The van der Waals surface area contributed by atoms with Crippen LogP contribution >= 0.6 is 0 Å². The van der Waals surface area contributed by atoms with Gasteiger partial charge < -0.3 is 15.5 Å². The quantitative estimate of drug-likeness (QED) is 0.759. The number of hydrogen-bond donors (Lipinski definition) is 3. The molecule has 0 saturated heterocycles. The Bertz CT molecular complexity index is 569. The number of anilines is 1. The van der Waals surface area contributed by atoms with Crippen LogP contribution in [0.4, 0.5) is 18.9 Å².